The van der Waals surface area contributed by atoms with Gasteiger partial charge < -0.3 is 9.64 Å². The molecule has 4 rings (SSSR count). The van der Waals surface area contributed by atoms with Gasteiger partial charge in [0.15, 0.2) is 17.0 Å². The third-order valence-electron chi connectivity index (χ3n) is 4.12. The molecule has 0 aliphatic carbocycles. The second kappa shape index (κ2) is 9.08. The molecular weight excluding hydrogens is 509 g/mol. The van der Waals surface area contributed by atoms with Gasteiger partial charge in [-0.05, 0) is 24.3 Å². The number of aromatic nitrogens is 4. The molecule has 2 heterocycles. The lowest BCUT2D eigenvalue weighted by atomic mass is 10.2. The molecule has 0 aliphatic rings. The molecule has 0 fully saturated rings. The van der Waals surface area contributed by atoms with Crippen LogP contribution < -0.4 is 9.64 Å². The van der Waals surface area contributed by atoms with Crippen LogP contribution in [0.15, 0.2) is 72.0 Å². The maximum Gasteiger partial charge on any atom is 0.426 e. The third-order valence-corrected chi connectivity index (χ3v) is 4.82. The first-order chi connectivity index (χ1) is 15.0. The molecule has 0 atom stereocenters. The van der Waals surface area contributed by atoms with E-state index in [4.69, 9.17) is 4.74 Å². The number of hydrogen-bond donors (Lipinski definition) is 0. The molecule has 4 aromatic rings. The molecule has 0 spiro atoms. The number of para-hydroxylation sites is 2. The third kappa shape index (κ3) is 4.63. The van der Waals surface area contributed by atoms with E-state index in [9.17, 15) is 4.79 Å². The van der Waals surface area contributed by atoms with Crippen LogP contribution in [-0.4, -0.2) is 49.2 Å². The summed E-state index contributed by atoms with van der Waals surface area (Å²) in [7, 11) is 3.69. The zero-order chi connectivity index (χ0) is 21.8. The van der Waals surface area contributed by atoms with Crippen LogP contribution in [0.2, 0.25) is 0 Å². The molecule has 1 amide bonds. The van der Waals surface area contributed by atoms with Crippen LogP contribution in [0.25, 0.3) is 11.2 Å². The second-order valence-electron chi connectivity index (χ2n) is 6.64. The minimum atomic E-state index is -0.640. The first-order valence-corrected chi connectivity index (χ1v) is 10.2. The SMILES string of the molecule is CN(C)/C=N\c1nc(OC(=O)N(c2ccccc2)c2ccccc2)nc2c1ncn2I. The summed E-state index contributed by atoms with van der Waals surface area (Å²) in [5.41, 5.74) is 2.32. The van der Waals surface area contributed by atoms with E-state index in [2.05, 4.69) is 19.9 Å². The van der Waals surface area contributed by atoms with E-state index in [0.717, 1.165) is 0 Å². The van der Waals surface area contributed by atoms with E-state index in [0.29, 0.717) is 28.4 Å². The number of nitrogens with zero attached hydrogens (tertiary/aromatic N) is 7. The van der Waals surface area contributed by atoms with Gasteiger partial charge in [-0.25, -0.2) is 19.7 Å². The maximum absolute atomic E-state index is 13.2. The summed E-state index contributed by atoms with van der Waals surface area (Å²) < 4.78 is 7.29. The Hall–Kier alpha value is -3.54. The Kier molecular flexibility index (Phi) is 6.07. The van der Waals surface area contributed by atoms with Crippen molar-refractivity contribution in [3.8, 4) is 6.01 Å². The number of halogens is 1. The number of benzene rings is 2. The van der Waals surface area contributed by atoms with Gasteiger partial charge in [-0.2, -0.15) is 9.97 Å². The van der Waals surface area contributed by atoms with Crippen LogP contribution in [0, 0.1) is 0 Å². The highest BCUT2D eigenvalue weighted by Gasteiger charge is 2.22. The quantitative estimate of drug-likeness (QED) is 0.215. The van der Waals surface area contributed by atoms with E-state index in [1.165, 1.54) is 4.90 Å². The van der Waals surface area contributed by atoms with Crippen molar-refractivity contribution in [2.45, 2.75) is 0 Å². The largest absolute Gasteiger partial charge is 0.426 e. The minimum absolute atomic E-state index is 0.112. The fourth-order valence-electron chi connectivity index (χ4n) is 2.78. The molecule has 9 nitrogen and oxygen atoms in total. The smallest absolute Gasteiger partial charge is 0.373 e. The number of aliphatic imine (C=N–C) groups is 1. The molecule has 0 aliphatic heterocycles. The van der Waals surface area contributed by atoms with E-state index >= 15 is 0 Å². The molecule has 0 bridgehead atoms. The lowest BCUT2D eigenvalue weighted by molar-refractivity contribution is 0.206. The number of rotatable bonds is 5. The van der Waals surface area contributed by atoms with Gasteiger partial charge in [0.1, 0.15) is 6.33 Å². The van der Waals surface area contributed by atoms with Crippen molar-refractivity contribution in [1.82, 2.24) is 22.6 Å². The topological polar surface area (TPSA) is 88.7 Å². The van der Waals surface area contributed by atoms with Gasteiger partial charge in [-0.1, -0.05) is 36.4 Å². The van der Waals surface area contributed by atoms with Crippen molar-refractivity contribution in [3.63, 3.8) is 0 Å². The maximum atomic E-state index is 13.2. The Morgan fingerprint density at radius 2 is 1.65 bits per heavy atom. The molecule has 156 valence electrons. The zero-order valence-corrected chi connectivity index (χ0v) is 18.9. The fraction of sp³-hybridized carbons (Fsp3) is 0.0952. The van der Waals surface area contributed by atoms with Crippen LogP contribution in [0.3, 0.4) is 0 Å². The number of carbonyl (C=O) groups excluding carboxylic acids is 1. The van der Waals surface area contributed by atoms with Gasteiger partial charge in [-0.3, -0.25) is 2.78 Å². The van der Waals surface area contributed by atoms with Crippen LogP contribution in [0.4, 0.5) is 22.0 Å². The zero-order valence-electron chi connectivity index (χ0n) is 16.8. The molecule has 0 unspecified atom stereocenters. The average Bonchev–Trinajstić information content (AvgIpc) is 3.14. The molecule has 0 saturated heterocycles. The van der Waals surface area contributed by atoms with Crippen LogP contribution in [0.1, 0.15) is 0 Å². The monoisotopic (exact) mass is 527 g/mol. The van der Waals surface area contributed by atoms with Crippen molar-refractivity contribution in [2.24, 2.45) is 4.99 Å². The average molecular weight is 527 g/mol. The molecular formula is C21H18IN7O2. The first-order valence-electron chi connectivity index (χ1n) is 9.27. The van der Waals surface area contributed by atoms with E-state index in [-0.39, 0.29) is 6.01 Å². The molecule has 10 heteroatoms. The van der Waals surface area contributed by atoms with Gasteiger partial charge >= 0.3 is 12.1 Å². The normalized spacial score (nSPS) is 11.1. The highest BCUT2D eigenvalue weighted by atomic mass is 127. The highest BCUT2D eigenvalue weighted by molar-refractivity contribution is 14.1. The van der Waals surface area contributed by atoms with Crippen LogP contribution in [-0.2, 0) is 0 Å². The summed E-state index contributed by atoms with van der Waals surface area (Å²) in [5, 5.41) is 0. The van der Waals surface area contributed by atoms with Crippen molar-refractivity contribution in [2.75, 3.05) is 19.0 Å². The van der Waals surface area contributed by atoms with Gasteiger partial charge in [-0.15, -0.1) is 0 Å². The predicted octanol–water partition coefficient (Wildman–Crippen LogP) is 4.58. The van der Waals surface area contributed by atoms with Crippen LogP contribution in [0.5, 0.6) is 6.01 Å². The number of imidazole rings is 1. The highest BCUT2D eigenvalue weighted by Crippen LogP contribution is 2.28. The number of amides is 1. The molecule has 31 heavy (non-hydrogen) atoms. The van der Waals surface area contributed by atoms with Crippen molar-refractivity contribution in [1.29, 1.82) is 0 Å². The van der Waals surface area contributed by atoms with Crippen molar-refractivity contribution in [3.05, 3.63) is 67.0 Å². The Balaban J connectivity index is 1.73. The molecule has 2 aromatic carbocycles. The summed E-state index contributed by atoms with van der Waals surface area (Å²) in [6.45, 7) is 0. The molecule has 2 aromatic heterocycles. The van der Waals surface area contributed by atoms with Gasteiger partial charge in [0, 0.05) is 14.1 Å². The number of hydrogen-bond acceptors (Lipinski definition) is 6. The Bertz CT molecular complexity index is 1190. The molecule has 0 saturated carbocycles. The number of ether oxygens (including phenoxy) is 1. The lowest BCUT2D eigenvalue weighted by Gasteiger charge is -2.21. The van der Waals surface area contributed by atoms with Gasteiger partial charge in [0.2, 0.25) is 0 Å². The standard InChI is InChI=1S/C21H18IN7O2/c1-27(2)13-24-18-17-19(28(22)14-23-17)26-20(25-18)31-21(30)29(15-9-5-3-6-10-15)16-11-7-4-8-12-16/h3-14H,1-2H3/b24-13-. The van der Waals surface area contributed by atoms with Crippen LogP contribution >= 0.6 is 22.9 Å². The summed E-state index contributed by atoms with van der Waals surface area (Å²) in [6.07, 6.45) is 2.55. The van der Waals surface area contributed by atoms with Gasteiger partial charge in [0.25, 0.3) is 0 Å². The predicted molar refractivity (Wildman–Crippen MR) is 128 cm³/mol. The van der Waals surface area contributed by atoms with Crippen molar-refractivity contribution < 1.29 is 9.53 Å². The Morgan fingerprint density at radius 3 is 2.23 bits per heavy atom. The van der Waals surface area contributed by atoms with Gasteiger partial charge in [0.05, 0.1) is 40.6 Å². The number of carbonyl (C=O) groups is 1. The molecule has 0 N–H and O–H groups in total. The summed E-state index contributed by atoms with van der Waals surface area (Å²) in [6, 6.07) is 18.4. The lowest BCUT2D eigenvalue weighted by Crippen LogP contribution is -2.29. The fourth-order valence-corrected chi connectivity index (χ4v) is 3.24. The minimum Gasteiger partial charge on any atom is -0.373 e. The van der Waals surface area contributed by atoms with E-state index in [1.54, 1.807) is 20.3 Å². The van der Waals surface area contributed by atoms with Crippen molar-refractivity contribution >= 4 is 63.7 Å². The Labute approximate surface area is 192 Å². The number of fused-ring (bicyclic) bond motifs is 1. The Morgan fingerprint density at radius 1 is 1.03 bits per heavy atom. The van der Waals surface area contributed by atoms with E-state index < -0.39 is 6.09 Å². The first kappa shape index (κ1) is 20.7. The summed E-state index contributed by atoms with van der Waals surface area (Å²) in [4.78, 5) is 33.7. The molecule has 0 radical (unpaired) electrons. The van der Waals surface area contributed by atoms with E-state index in [1.807, 2.05) is 97.6 Å². The summed E-state index contributed by atoms with van der Waals surface area (Å²) >= 11 is 2.04. The summed E-state index contributed by atoms with van der Waals surface area (Å²) in [5.74, 6) is 0.308. The number of anilines is 2. The second-order valence-corrected chi connectivity index (χ2v) is 7.68.